The highest BCUT2D eigenvalue weighted by atomic mass is 35.5. The molecule has 4 heterocycles. The van der Waals surface area contributed by atoms with Gasteiger partial charge in [0.2, 0.25) is 5.88 Å². The number of anilines is 1. The first kappa shape index (κ1) is 24.1. The Bertz CT molecular complexity index is 1320. The predicted octanol–water partition coefficient (Wildman–Crippen LogP) is 3.71. The van der Waals surface area contributed by atoms with E-state index >= 15 is 0 Å². The van der Waals surface area contributed by atoms with E-state index in [1.807, 2.05) is 6.92 Å². The second kappa shape index (κ2) is 9.13. The summed E-state index contributed by atoms with van der Waals surface area (Å²) < 4.78 is 14.6. The number of hydrogen-bond donors (Lipinski definition) is 1. The maximum atomic E-state index is 13.2. The van der Waals surface area contributed by atoms with Crippen molar-refractivity contribution in [1.29, 1.82) is 0 Å². The second-order valence-electron chi connectivity index (χ2n) is 9.37. The highest BCUT2D eigenvalue weighted by Gasteiger charge is 2.47. The van der Waals surface area contributed by atoms with Crippen molar-refractivity contribution in [3.63, 3.8) is 0 Å². The lowest BCUT2D eigenvalue weighted by Gasteiger charge is -2.41. The SMILES string of the molecule is Cc1nc(N2CCC3(CC2)CO[C@@H](C)[C@H]3N)cc(=O)n1-c1ccc(Oc2ccn(C)n2)c(Cl)c1Cl. The summed E-state index contributed by atoms with van der Waals surface area (Å²) in [6.45, 7) is 6.04. The zero-order valence-corrected chi connectivity index (χ0v) is 21.4. The molecule has 0 radical (unpaired) electrons. The molecule has 2 atom stereocenters. The molecular formula is C24H28Cl2N6O3. The Morgan fingerprint density at radius 1 is 1.20 bits per heavy atom. The zero-order valence-electron chi connectivity index (χ0n) is 19.9. The number of nitrogens with zero attached hydrogens (tertiary/aromatic N) is 5. The van der Waals surface area contributed by atoms with Crippen LogP contribution in [0.25, 0.3) is 5.69 Å². The lowest BCUT2D eigenvalue weighted by Crippen LogP contribution is -2.51. The van der Waals surface area contributed by atoms with Crippen LogP contribution in [0.3, 0.4) is 0 Å². The van der Waals surface area contributed by atoms with Gasteiger partial charge >= 0.3 is 0 Å². The van der Waals surface area contributed by atoms with Crippen LogP contribution in [-0.2, 0) is 11.8 Å². The third kappa shape index (κ3) is 4.31. The number of benzene rings is 1. The van der Waals surface area contributed by atoms with E-state index in [-0.39, 0.29) is 33.2 Å². The van der Waals surface area contributed by atoms with Gasteiger partial charge in [-0.2, -0.15) is 0 Å². The summed E-state index contributed by atoms with van der Waals surface area (Å²) in [5, 5.41) is 4.57. The van der Waals surface area contributed by atoms with E-state index < -0.39 is 0 Å². The van der Waals surface area contributed by atoms with Crippen molar-refractivity contribution in [2.45, 2.75) is 38.8 Å². The van der Waals surface area contributed by atoms with Crippen LogP contribution < -0.4 is 20.9 Å². The standard InChI is InChI=1S/C24H28Cl2N6O3/c1-14-23(27)24(13-34-14)7-10-31(11-8-24)18-12-20(33)32(15(2)28-18)16-4-5-17(22(26)21(16)25)35-19-6-9-30(3)29-19/h4-6,9,12,14,23H,7-8,10-11,13,27H2,1-3H3/t14-,23+/m0/s1. The average molecular weight is 519 g/mol. The van der Waals surface area contributed by atoms with Crippen molar-refractivity contribution in [3.8, 4) is 17.3 Å². The van der Waals surface area contributed by atoms with Crippen LogP contribution in [0.5, 0.6) is 11.6 Å². The van der Waals surface area contributed by atoms with Crippen molar-refractivity contribution in [2.24, 2.45) is 18.2 Å². The molecule has 2 saturated heterocycles. The minimum absolute atomic E-state index is 0.00328. The summed E-state index contributed by atoms with van der Waals surface area (Å²) in [7, 11) is 1.79. The predicted molar refractivity (Wildman–Crippen MR) is 135 cm³/mol. The van der Waals surface area contributed by atoms with Gasteiger partial charge in [-0.1, -0.05) is 23.2 Å². The third-order valence-corrected chi connectivity index (χ3v) is 8.03. The lowest BCUT2D eigenvalue weighted by atomic mass is 9.73. The van der Waals surface area contributed by atoms with Gasteiger partial charge in [0.05, 0.1) is 23.4 Å². The van der Waals surface area contributed by atoms with E-state index in [1.54, 1.807) is 49.1 Å². The van der Waals surface area contributed by atoms with E-state index in [1.165, 1.54) is 4.57 Å². The van der Waals surface area contributed by atoms with Crippen LogP contribution in [0.1, 0.15) is 25.6 Å². The molecule has 35 heavy (non-hydrogen) atoms. The Hall–Kier alpha value is -2.59. The third-order valence-electron chi connectivity index (χ3n) is 7.17. The molecule has 2 N–H and O–H groups in total. The second-order valence-corrected chi connectivity index (χ2v) is 10.1. The number of hydrogen-bond acceptors (Lipinski definition) is 7. The molecule has 0 saturated carbocycles. The molecule has 1 aromatic carbocycles. The molecule has 2 aliphatic rings. The molecule has 186 valence electrons. The van der Waals surface area contributed by atoms with E-state index in [4.69, 9.17) is 43.4 Å². The van der Waals surface area contributed by atoms with Crippen LogP contribution in [0.2, 0.25) is 10.0 Å². The summed E-state index contributed by atoms with van der Waals surface area (Å²) >= 11 is 13.1. The monoisotopic (exact) mass is 518 g/mol. The van der Waals surface area contributed by atoms with Crippen molar-refractivity contribution in [2.75, 3.05) is 24.6 Å². The molecule has 0 unspecified atom stereocenters. The normalized spacial score (nSPS) is 21.6. The largest absolute Gasteiger partial charge is 0.436 e. The number of halogens is 2. The summed E-state index contributed by atoms with van der Waals surface area (Å²) in [4.78, 5) is 20.1. The first-order chi connectivity index (χ1) is 16.7. The van der Waals surface area contributed by atoms with Crippen molar-refractivity contribution >= 4 is 29.0 Å². The van der Waals surface area contributed by atoms with Gasteiger partial charge in [0.15, 0.2) is 0 Å². The van der Waals surface area contributed by atoms with Crippen LogP contribution in [0, 0.1) is 12.3 Å². The molecule has 1 spiro atoms. The highest BCUT2D eigenvalue weighted by Crippen LogP contribution is 2.42. The number of aromatic nitrogens is 4. The van der Waals surface area contributed by atoms with Gasteiger partial charge < -0.3 is 20.1 Å². The molecule has 5 rings (SSSR count). The first-order valence-corrected chi connectivity index (χ1v) is 12.3. The van der Waals surface area contributed by atoms with Crippen molar-refractivity contribution < 1.29 is 9.47 Å². The maximum absolute atomic E-state index is 13.2. The molecule has 0 aliphatic carbocycles. The van der Waals surface area contributed by atoms with Crippen LogP contribution in [-0.4, -0.2) is 51.2 Å². The first-order valence-electron chi connectivity index (χ1n) is 11.6. The smallest absolute Gasteiger partial charge is 0.260 e. The average Bonchev–Trinajstić information content (AvgIpc) is 3.36. The zero-order chi connectivity index (χ0) is 24.9. The van der Waals surface area contributed by atoms with Crippen LogP contribution >= 0.6 is 23.2 Å². The fourth-order valence-corrected chi connectivity index (χ4v) is 5.46. The molecule has 2 aliphatic heterocycles. The molecule has 2 fully saturated rings. The van der Waals surface area contributed by atoms with E-state index in [0.29, 0.717) is 35.6 Å². The van der Waals surface area contributed by atoms with Gasteiger partial charge in [-0.05, 0) is 38.8 Å². The summed E-state index contributed by atoms with van der Waals surface area (Å²) in [6, 6.07) is 6.64. The number of piperidine rings is 1. The lowest BCUT2D eigenvalue weighted by molar-refractivity contribution is 0.0974. The van der Waals surface area contributed by atoms with Gasteiger partial charge in [0.1, 0.15) is 22.4 Å². The minimum atomic E-state index is -0.237. The van der Waals surface area contributed by atoms with Gasteiger partial charge in [-0.3, -0.25) is 14.0 Å². The molecule has 2 aromatic heterocycles. The summed E-state index contributed by atoms with van der Waals surface area (Å²) in [6.07, 6.45) is 3.64. The summed E-state index contributed by atoms with van der Waals surface area (Å²) in [5.41, 5.74) is 6.64. The Labute approximate surface area is 213 Å². The van der Waals surface area contributed by atoms with Gasteiger partial charge in [0, 0.05) is 49.9 Å². The molecule has 0 bridgehead atoms. The number of ether oxygens (including phenoxy) is 2. The van der Waals surface area contributed by atoms with E-state index in [0.717, 1.165) is 25.9 Å². The van der Waals surface area contributed by atoms with Gasteiger partial charge in [0.25, 0.3) is 5.56 Å². The fraction of sp³-hybridized carbons (Fsp3) is 0.458. The Morgan fingerprint density at radius 3 is 2.54 bits per heavy atom. The minimum Gasteiger partial charge on any atom is -0.436 e. The molecule has 11 heteroatoms. The maximum Gasteiger partial charge on any atom is 0.260 e. The number of rotatable bonds is 4. The Balaban J connectivity index is 1.38. The summed E-state index contributed by atoms with van der Waals surface area (Å²) in [5.74, 6) is 1.90. The Morgan fingerprint density at radius 2 is 1.94 bits per heavy atom. The molecule has 9 nitrogen and oxygen atoms in total. The van der Waals surface area contributed by atoms with Crippen molar-refractivity contribution in [3.05, 3.63) is 56.7 Å². The highest BCUT2D eigenvalue weighted by molar-refractivity contribution is 6.44. The molecule has 3 aromatic rings. The van der Waals surface area contributed by atoms with Gasteiger partial charge in [-0.25, -0.2) is 4.98 Å². The Kier molecular flexibility index (Phi) is 6.29. The number of nitrogens with two attached hydrogens (primary N) is 1. The van der Waals surface area contributed by atoms with Crippen LogP contribution in [0.15, 0.2) is 35.3 Å². The topological polar surface area (TPSA) is 100 Å². The fourth-order valence-electron chi connectivity index (χ4n) is 5.03. The quantitative estimate of drug-likeness (QED) is 0.561. The molecule has 0 amide bonds. The van der Waals surface area contributed by atoms with Crippen molar-refractivity contribution in [1.82, 2.24) is 19.3 Å². The van der Waals surface area contributed by atoms with Crippen LogP contribution in [0.4, 0.5) is 5.82 Å². The van der Waals surface area contributed by atoms with E-state index in [9.17, 15) is 4.79 Å². The number of aryl methyl sites for hydroxylation is 2. The van der Waals surface area contributed by atoms with Gasteiger partial charge in [-0.15, -0.1) is 5.10 Å². The molecular weight excluding hydrogens is 491 g/mol. The van der Waals surface area contributed by atoms with E-state index in [2.05, 4.69) is 10.00 Å².